The van der Waals surface area contributed by atoms with E-state index in [-0.39, 0.29) is 5.82 Å². The van der Waals surface area contributed by atoms with Crippen LogP contribution in [0.5, 0.6) is 0 Å². The fourth-order valence-corrected chi connectivity index (χ4v) is 1.75. The van der Waals surface area contributed by atoms with Crippen molar-refractivity contribution in [1.82, 2.24) is 10.6 Å². The van der Waals surface area contributed by atoms with Crippen molar-refractivity contribution in [2.75, 3.05) is 26.8 Å². The van der Waals surface area contributed by atoms with Crippen molar-refractivity contribution in [2.24, 2.45) is 4.99 Å². The molecule has 0 aliphatic heterocycles. The number of rotatable bonds is 7. The fraction of sp³-hybridized carbons (Fsp3) is 0.533. The summed E-state index contributed by atoms with van der Waals surface area (Å²) in [4.78, 5) is 4.14. The molecule has 0 heterocycles. The van der Waals surface area contributed by atoms with E-state index in [4.69, 9.17) is 4.74 Å². The predicted octanol–water partition coefficient (Wildman–Crippen LogP) is 2.23. The van der Waals surface area contributed by atoms with Crippen molar-refractivity contribution in [3.63, 3.8) is 0 Å². The number of hydrogen-bond acceptors (Lipinski definition) is 2. The maximum atomic E-state index is 13.2. The van der Waals surface area contributed by atoms with Gasteiger partial charge in [0.05, 0.1) is 0 Å². The van der Waals surface area contributed by atoms with Gasteiger partial charge in [-0.2, -0.15) is 0 Å². The Kier molecular flexibility index (Phi) is 7.65. The lowest BCUT2D eigenvalue weighted by atomic mass is 10.1. The van der Waals surface area contributed by atoms with Gasteiger partial charge in [-0.25, -0.2) is 4.39 Å². The molecule has 2 N–H and O–H groups in total. The van der Waals surface area contributed by atoms with Crippen LogP contribution in [-0.4, -0.2) is 32.8 Å². The van der Waals surface area contributed by atoms with E-state index in [1.165, 1.54) is 6.07 Å². The molecule has 4 nitrogen and oxygen atoms in total. The van der Waals surface area contributed by atoms with Crippen LogP contribution >= 0.6 is 0 Å². The van der Waals surface area contributed by atoms with Crippen LogP contribution in [0.3, 0.4) is 0 Å². The Balaban J connectivity index is 2.32. The number of nitrogens with zero attached hydrogens (tertiary/aromatic N) is 1. The van der Waals surface area contributed by atoms with Gasteiger partial charge in [0, 0.05) is 33.4 Å². The SMILES string of the molecule is CCOCCCNC(=NC)NCc1ccc(F)c(C)c1. The summed E-state index contributed by atoms with van der Waals surface area (Å²) in [7, 11) is 1.73. The van der Waals surface area contributed by atoms with Crippen LogP contribution in [0.4, 0.5) is 4.39 Å². The molecular weight excluding hydrogens is 257 g/mol. The van der Waals surface area contributed by atoms with Gasteiger partial charge in [-0.1, -0.05) is 12.1 Å². The van der Waals surface area contributed by atoms with E-state index in [0.29, 0.717) is 12.1 Å². The highest BCUT2D eigenvalue weighted by Gasteiger charge is 2.01. The normalized spacial score (nSPS) is 11.5. The second-order valence-electron chi connectivity index (χ2n) is 4.49. The van der Waals surface area contributed by atoms with Gasteiger partial charge in [-0.15, -0.1) is 0 Å². The second-order valence-corrected chi connectivity index (χ2v) is 4.49. The van der Waals surface area contributed by atoms with E-state index in [1.807, 2.05) is 13.0 Å². The molecule has 1 rings (SSSR count). The minimum Gasteiger partial charge on any atom is -0.382 e. The Labute approximate surface area is 120 Å². The van der Waals surface area contributed by atoms with Gasteiger partial charge in [0.25, 0.3) is 0 Å². The third-order valence-corrected chi connectivity index (χ3v) is 2.87. The first-order valence-electron chi connectivity index (χ1n) is 6.94. The fourth-order valence-electron chi connectivity index (χ4n) is 1.75. The van der Waals surface area contributed by atoms with Crippen LogP contribution in [0.25, 0.3) is 0 Å². The average Bonchev–Trinajstić information content (AvgIpc) is 2.45. The molecule has 0 aliphatic rings. The lowest BCUT2D eigenvalue weighted by molar-refractivity contribution is 0.145. The summed E-state index contributed by atoms with van der Waals surface area (Å²) in [6, 6.07) is 5.10. The lowest BCUT2D eigenvalue weighted by Gasteiger charge is -2.12. The molecule has 0 aliphatic carbocycles. The van der Waals surface area contributed by atoms with Gasteiger partial charge in [-0.05, 0) is 37.5 Å². The number of aliphatic imine (C=N–C) groups is 1. The van der Waals surface area contributed by atoms with E-state index in [2.05, 4.69) is 15.6 Å². The molecule has 0 bridgehead atoms. The summed E-state index contributed by atoms with van der Waals surface area (Å²) in [5.41, 5.74) is 1.69. The summed E-state index contributed by atoms with van der Waals surface area (Å²) in [5, 5.41) is 6.41. The van der Waals surface area contributed by atoms with Gasteiger partial charge in [-0.3, -0.25) is 4.99 Å². The molecule has 0 unspecified atom stereocenters. The molecule has 0 saturated carbocycles. The number of nitrogens with one attached hydrogen (secondary N) is 2. The molecule has 0 spiro atoms. The topological polar surface area (TPSA) is 45.6 Å². The van der Waals surface area contributed by atoms with E-state index in [1.54, 1.807) is 20.0 Å². The molecule has 0 atom stereocenters. The average molecular weight is 281 g/mol. The number of guanidine groups is 1. The quantitative estimate of drug-likeness (QED) is 0.458. The van der Waals surface area contributed by atoms with Crippen LogP contribution in [0.1, 0.15) is 24.5 Å². The Morgan fingerprint density at radius 3 is 2.80 bits per heavy atom. The van der Waals surface area contributed by atoms with Crippen molar-refractivity contribution in [1.29, 1.82) is 0 Å². The molecule has 0 saturated heterocycles. The Morgan fingerprint density at radius 2 is 2.15 bits per heavy atom. The first-order chi connectivity index (χ1) is 9.67. The van der Waals surface area contributed by atoms with Crippen molar-refractivity contribution in [3.05, 3.63) is 35.1 Å². The molecule has 0 fully saturated rings. The Morgan fingerprint density at radius 1 is 1.35 bits per heavy atom. The lowest BCUT2D eigenvalue weighted by Crippen LogP contribution is -2.37. The van der Waals surface area contributed by atoms with E-state index in [9.17, 15) is 4.39 Å². The van der Waals surface area contributed by atoms with Gasteiger partial charge >= 0.3 is 0 Å². The van der Waals surface area contributed by atoms with E-state index >= 15 is 0 Å². The molecule has 0 radical (unpaired) electrons. The minimum absolute atomic E-state index is 0.174. The minimum atomic E-state index is -0.174. The van der Waals surface area contributed by atoms with Crippen LogP contribution in [0.2, 0.25) is 0 Å². The van der Waals surface area contributed by atoms with Crippen molar-refractivity contribution in [3.8, 4) is 0 Å². The number of aryl methyl sites for hydroxylation is 1. The third kappa shape index (κ3) is 6.02. The van der Waals surface area contributed by atoms with Gasteiger partial charge in [0.15, 0.2) is 5.96 Å². The molecule has 20 heavy (non-hydrogen) atoms. The molecule has 1 aromatic rings. The Bertz CT molecular complexity index is 435. The molecule has 0 aromatic heterocycles. The summed E-state index contributed by atoms with van der Waals surface area (Å²) < 4.78 is 18.4. The number of benzene rings is 1. The summed E-state index contributed by atoms with van der Waals surface area (Å²) >= 11 is 0. The van der Waals surface area contributed by atoms with E-state index in [0.717, 1.165) is 37.7 Å². The summed E-state index contributed by atoms with van der Waals surface area (Å²) in [6.07, 6.45) is 0.935. The van der Waals surface area contributed by atoms with Gasteiger partial charge in [0.1, 0.15) is 5.82 Å². The molecule has 1 aromatic carbocycles. The van der Waals surface area contributed by atoms with E-state index < -0.39 is 0 Å². The van der Waals surface area contributed by atoms with Crippen LogP contribution in [0, 0.1) is 12.7 Å². The highest BCUT2D eigenvalue weighted by atomic mass is 19.1. The first kappa shape index (κ1) is 16.4. The number of hydrogen-bond donors (Lipinski definition) is 2. The maximum Gasteiger partial charge on any atom is 0.191 e. The molecular formula is C15H24FN3O. The Hall–Kier alpha value is -1.62. The smallest absolute Gasteiger partial charge is 0.191 e. The number of ether oxygens (including phenoxy) is 1. The first-order valence-corrected chi connectivity index (χ1v) is 6.94. The highest BCUT2D eigenvalue weighted by molar-refractivity contribution is 5.79. The highest BCUT2D eigenvalue weighted by Crippen LogP contribution is 2.08. The van der Waals surface area contributed by atoms with Crippen LogP contribution < -0.4 is 10.6 Å². The summed E-state index contributed by atoms with van der Waals surface area (Å²) in [6.45, 7) is 6.67. The monoisotopic (exact) mass is 281 g/mol. The number of halogens is 1. The zero-order valence-corrected chi connectivity index (χ0v) is 12.5. The predicted molar refractivity (Wildman–Crippen MR) is 80.4 cm³/mol. The third-order valence-electron chi connectivity index (χ3n) is 2.87. The standard InChI is InChI=1S/C15H24FN3O/c1-4-20-9-5-8-18-15(17-3)19-11-13-6-7-14(16)12(2)10-13/h6-7,10H,4-5,8-9,11H2,1-3H3,(H2,17,18,19). The zero-order chi connectivity index (χ0) is 14.8. The van der Waals surface area contributed by atoms with Crippen molar-refractivity contribution >= 4 is 5.96 Å². The zero-order valence-electron chi connectivity index (χ0n) is 12.5. The van der Waals surface area contributed by atoms with Crippen molar-refractivity contribution in [2.45, 2.75) is 26.8 Å². The molecule has 112 valence electrons. The maximum absolute atomic E-state index is 13.2. The van der Waals surface area contributed by atoms with Gasteiger partial charge < -0.3 is 15.4 Å². The second kappa shape index (κ2) is 9.31. The van der Waals surface area contributed by atoms with Crippen LogP contribution in [-0.2, 0) is 11.3 Å². The van der Waals surface area contributed by atoms with Crippen molar-refractivity contribution < 1.29 is 9.13 Å². The molecule has 5 heteroatoms. The summed E-state index contributed by atoms with van der Waals surface area (Å²) in [5.74, 6) is 0.565. The molecule has 0 amide bonds. The van der Waals surface area contributed by atoms with Gasteiger partial charge in [0.2, 0.25) is 0 Å². The largest absolute Gasteiger partial charge is 0.382 e. The van der Waals surface area contributed by atoms with Crippen LogP contribution in [0.15, 0.2) is 23.2 Å².